The zero-order chi connectivity index (χ0) is 30.0. The molecule has 3 saturated heterocycles. The Morgan fingerprint density at radius 3 is 2.28 bits per heavy atom. The lowest BCUT2D eigenvalue weighted by atomic mass is 9.76. The van der Waals surface area contributed by atoms with E-state index >= 15 is 0 Å². The molecule has 0 N–H and O–H groups in total. The number of rotatable bonds is 8. The summed E-state index contributed by atoms with van der Waals surface area (Å²) in [6.45, 7) is 5.65. The molecule has 3 fully saturated rings. The number of hydrogen-bond acceptors (Lipinski definition) is 5. The Balaban J connectivity index is 1.11. The lowest BCUT2D eigenvalue weighted by molar-refractivity contribution is -0.139. The van der Waals surface area contributed by atoms with E-state index in [0.717, 1.165) is 49.9 Å². The molecule has 0 saturated carbocycles. The van der Waals surface area contributed by atoms with Crippen LogP contribution in [0.1, 0.15) is 46.7 Å². The van der Waals surface area contributed by atoms with Crippen LogP contribution in [-0.2, 0) is 11.3 Å². The van der Waals surface area contributed by atoms with Crippen LogP contribution in [0, 0.1) is 11.3 Å². The van der Waals surface area contributed by atoms with Gasteiger partial charge in [-0.15, -0.1) is 0 Å². The number of nitrogens with zero attached hydrogens (tertiary/aromatic N) is 3. The second-order valence-electron chi connectivity index (χ2n) is 12.2. The van der Waals surface area contributed by atoms with Gasteiger partial charge in [-0.3, -0.25) is 9.59 Å². The van der Waals surface area contributed by atoms with Crippen LogP contribution in [0.3, 0.4) is 0 Å². The first-order valence-electron chi connectivity index (χ1n) is 15.2. The molecule has 3 aromatic carbocycles. The average molecular weight is 647 g/mol. The third-order valence-corrected chi connectivity index (χ3v) is 10.3. The molecule has 3 aromatic rings. The first-order valence-corrected chi connectivity index (χ1v) is 16.0. The standard InChI is InChI=1S/C35H40BrN3O4/c1-42-31-13-10-27(20-32(31)43-2)33(40)39-23-28(30(24-39)26-6-4-3-5-7-26)22-37-17-14-35(15-18-37)16-19-38(34(35)41)21-25-8-11-29(36)12-9-25/h3-13,20,28,30H,14-19,21-24H2,1-2H3/t28-,30+/m0/s1. The number of carbonyl (C=O) groups excluding carboxylic acids is 2. The molecule has 3 aliphatic heterocycles. The highest BCUT2D eigenvalue weighted by Crippen LogP contribution is 2.43. The van der Waals surface area contributed by atoms with E-state index in [-0.39, 0.29) is 17.2 Å². The van der Waals surface area contributed by atoms with Crippen LogP contribution in [0.25, 0.3) is 0 Å². The summed E-state index contributed by atoms with van der Waals surface area (Å²) in [5.74, 6) is 2.09. The zero-order valence-corrected chi connectivity index (χ0v) is 26.6. The normalized spacial score (nSPS) is 21.9. The molecule has 2 amide bonds. The first kappa shape index (κ1) is 29.7. The number of amides is 2. The highest BCUT2D eigenvalue weighted by molar-refractivity contribution is 9.10. The van der Waals surface area contributed by atoms with Gasteiger partial charge in [-0.1, -0.05) is 58.4 Å². The van der Waals surface area contributed by atoms with Crippen LogP contribution in [0.15, 0.2) is 77.3 Å². The minimum Gasteiger partial charge on any atom is -0.493 e. The average Bonchev–Trinajstić information content (AvgIpc) is 3.60. The summed E-state index contributed by atoms with van der Waals surface area (Å²) in [6.07, 6.45) is 2.75. The first-order chi connectivity index (χ1) is 20.9. The molecule has 3 heterocycles. The number of likely N-dealkylation sites (tertiary alicyclic amines) is 3. The van der Waals surface area contributed by atoms with Crippen LogP contribution in [-0.4, -0.2) is 80.0 Å². The van der Waals surface area contributed by atoms with Gasteiger partial charge in [-0.2, -0.15) is 0 Å². The molecule has 8 heteroatoms. The van der Waals surface area contributed by atoms with Gasteiger partial charge < -0.3 is 24.2 Å². The molecule has 226 valence electrons. The van der Waals surface area contributed by atoms with E-state index in [1.807, 2.05) is 29.2 Å². The number of piperidine rings is 1. The quantitative estimate of drug-likeness (QED) is 0.308. The van der Waals surface area contributed by atoms with E-state index in [9.17, 15) is 9.59 Å². The number of halogens is 1. The number of benzene rings is 3. The molecular weight excluding hydrogens is 606 g/mol. The fraction of sp³-hybridized carbons (Fsp3) is 0.429. The van der Waals surface area contributed by atoms with Crippen LogP contribution in [0.5, 0.6) is 11.5 Å². The second kappa shape index (κ2) is 12.7. The van der Waals surface area contributed by atoms with Gasteiger partial charge >= 0.3 is 0 Å². The molecule has 0 bridgehead atoms. The lowest BCUT2D eigenvalue weighted by Gasteiger charge is -2.39. The van der Waals surface area contributed by atoms with Crippen molar-refractivity contribution in [2.45, 2.75) is 31.7 Å². The summed E-state index contributed by atoms with van der Waals surface area (Å²) in [5, 5.41) is 0. The smallest absolute Gasteiger partial charge is 0.254 e. The van der Waals surface area contributed by atoms with E-state index in [1.54, 1.807) is 26.4 Å². The highest BCUT2D eigenvalue weighted by Gasteiger charge is 2.48. The number of hydrogen-bond donors (Lipinski definition) is 0. The fourth-order valence-electron chi connectivity index (χ4n) is 7.26. The van der Waals surface area contributed by atoms with Gasteiger partial charge in [0.25, 0.3) is 5.91 Å². The molecule has 0 aliphatic carbocycles. The van der Waals surface area contributed by atoms with Gasteiger partial charge in [0.1, 0.15) is 0 Å². The van der Waals surface area contributed by atoms with Crippen molar-refractivity contribution in [1.82, 2.24) is 14.7 Å². The molecular formula is C35H40BrN3O4. The summed E-state index contributed by atoms with van der Waals surface area (Å²) in [6, 6.07) is 24.2. The second-order valence-corrected chi connectivity index (χ2v) is 13.2. The fourth-order valence-corrected chi connectivity index (χ4v) is 7.53. The Hall–Kier alpha value is -3.36. The van der Waals surface area contributed by atoms with Crippen LogP contribution >= 0.6 is 15.9 Å². The van der Waals surface area contributed by atoms with E-state index in [2.05, 4.69) is 62.1 Å². The zero-order valence-electron chi connectivity index (χ0n) is 25.0. The van der Waals surface area contributed by atoms with E-state index in [4.69, 9.17) is 9.47 Å². The van der Waals surface area contributed by atoms with Crippen molar-refractivity contribution in [3.63, 3.8) is 0 Å². The summed E-state index contributed by atoms with van der Waals surface area (Å²) < 4.78 is 11.9. The van der Waals surface area contributed by atoms with Gasteiger partial charge in [0.15, 0.2) is 11.5 Å². The Labute approximate surface area is 262 Å². The Kier molecular flexibility index (Phi) is 8.78. The molecule has 43 heavy (non-hydrogen) atoms. The minimum absolute atomic E-state index is 0.0180. The number of ether oxygens (including phenoxy) is 2. The maximum absolute atomic E-state index is 13.7. The molecule has 1 spiro atoms. The lowest BCUT2D eigenvalue weighted by Crippen LogP contribution is -2.46. The minimum atomic E-state index is -0.226. The molecule has 3 aliphatic rings. The molecule has 7 nitrogen and oxygen atoms in total. The Bertz CT molecular complexity index is 1440. The summed E-state index contributed by atoms with van der Waals surface area (Å²) >= 11 is 3.50. The third-order valence-electron chi connectivity index (χ3n) is 9.78. The number of methoxy groups -OCH3 is 2. The SMILES string of the molecule is COc1ccc(C(=O)N2C[C@H](CN3CCC4(CC3)CCN(Cc3ccc(Br)cc3)C4=O)[C@@H](c3ccccc3)C2)cc1OC. The maximum Gasteiger partial charge on any atom is 0.254 e. The van der Waals surface area contributed by atoms with Gasteiger partial charge in [0, 0.05) is 48.7 Å². The molecule has 2 atom stereocenters. The predicted molar refractivity (Wildman–Crippen MR) is 170 cm³/mol. The van der Waals surface area contributed by atoms with E-state index in [0.29, 0.717) is 48.5 Å². The van der Waals surface area contributed by atoms with Crippen LogP contribution in [0.4, 0.5) is 0 Å². The molecule has 0 unspecified atom stereocenters. The topological polar surface area (TPSA) is 62.3 Å². The van der Waals surface area contributed by atoms with Crippen molar-refractivity contribution in [3.8, 4) is 11.5 Å². The van der Waals surface area contributed by atoms with Crippen molar-refractivity contribution in [3.05, 3.63) is 94.0 Å². The third kappa shape index (κ3) is 6.18. The number of carbonyl (C=O) groups is 2. The summed E-state index contributed by atoms with van der Waals surface area (Å²) in [7, 11) is 3.19. The van der Waals surface area contributed by atoms with Gasteiger partial charge in [-0.25, -0.2) is 0 Å². The predicted octanol–water partition coefficient (Wildman–Crippen LogP) is 5.84. The largest absolute Gasteiger partial charge is 0.493 e. The molecule has 6 rings (SSSR count). The summed E-state index contributed by atoms with van der Waals surface area (Å²) in [5.41, 5.74) is 2.83. The molecule has 0 radical (unpaired) electrons. The van der Waals surface area contributed by atoms with E-state index in [1.165, 1.54) is 11.1 Å². The van der Waals surface area contributed by atoms with Gasteiger partial charge in [0.05, 0.1) is 19.6 Å². The van der Waals surface area contributed by atoms with Crippen molar-refractivity contribution in [2.75, 3.05) is 53.5 Å². The maximum atomic E-state index is 13.7. The van der Waals surface area contributed by atoms with Crippen molar-refractivity contribution < 1.29 is 19.1 Å². The van der Waals surface area contributed by atoms with Gasteiger partial charge in [-0.05, 0) is 79.7 Å². The van der Waals surface area contributed by atoms with Crippen molar-refractivity contribution >= 4 is 27.7 Å². The summed E-state index contributed by atoms with van der Waals surface area (Å²) in [4.78, 5) is 33.9. The van der Waals surface area contributed by atoms with E-state index < -0.39 is 0 Å². The van der Waals surface area contributed by atoms with Crippen LogP contribution < -0.4 is 9.47 Å². The molecule has 0 aromatic heterocycles. The highest BCUT2D eigenvalue weighted by atomic mass is 79.9. The van der Waals surface area contributed by atoms with Crippen molar-refractivity contribution in [1.29, 1.82) is 0 Å². The van der Waals surface area contributed by atoms with Crippen molar-refractivity contribution in [2.24, 2.45) is 11.3 Å². The van der Waals surface area contributed by atoms with Gasteiger partial charge in [0.2, 0.25) is 5.91 Å². The monoisotopic (exact) mass is 645 g/mol. The Morgan fingerprint density at radius 1 is 0.884 bits per heavy atom. The Morgan fingerprint density at radius 2 is 1.58 bits per heavy atom. The van der Waals surface area contributed by atoms with Crippen LogP contribution in [0.2, 0.25) is 0 Å².